The van der Waals surface area contributed by atoms with Gasteiger partial charge in [-0.25, -0.2) is 19.7 Å². The molecule has 23 heavy (non-hydrogen) atoms. The summed E-state index contributed by atoms with van der Waals surface area (Å²) in [6.45, 7) is 0. The van der Waals surface area contributed by atoms with Gasteiger partial charge in [0.05, 0.1) is 7.11 Å². The van der Waals surface area contributed by atoms with Gasteiger partial charge >= 0.3 is 5.97 Å². The number of carbonyl (C=O) groups is 1. The first-order valence-electron chi connectivity index (χ1n) is 6.95. The molecule has 0 atom stereocenters. The zero-order valence-electron chi connectivity index (χ0n) is 12.4. The van der Waals surface area contributed by atoms with Crippen LogP contribution in [0, 0.1) is 0 Å². The summed E-state index contributed by atoms with van der Waals surface area (Å²) in [5.74, 6) is -0.0549. The second-order valence-corrected chi connectivity index (χ2v) is 4.71. The van der Waals surface area contributed by atoms with E-state index in [2.05, 4.69) is 25.0 Å². The molecular formula is C17H14N4O2. The van der Waals surface area contributed by atoms with Crippen molar-refractivity contribution in [2.45, 2.75) is 0 Å². The van der Waals surface area contributed by atoms with E-state index in [1.165, 1.54) is 13.3 Å². The Bertz CT molecular complexity index is 804. The van der Waals surface area contributed by atoms with Crippen molar-refractivity contribution < 1.29 is 9.53 Å². The number of esters is 1. The molecule has 3 aromatic rings. The lowest BCUT2D eigenvalue weighted by Crippen LogP contribution is -2.05. The molecule has 0 bridgehead atoms. The predicted molar refractivity (Wildman–Crippen MR) is 86.3 cm³/mol. The molecule has 6 heteroatoms. The van der Waals surface area contributed by atoms with Crippen LogP contribution in [-0.2, 0) is 4.74 Å². The first kappa shape index (κ1) is 14.6. The lowest BCUT2D eigenvalue weighted by atomic mass is 10.1. The lowest BCUT2D eigenvalue weighted by Gasteiger charge is -2.06. The van der Waals surface area contributed by atoms with Gasteiger partial charge in [-0.3, -0.25) is 0 Å². The number of hydrogen-bond acceptors (Lipinski definition) is 6. The van der Waals surface area contributed by atoms with Crippen LogP contribution in [0.1, 0.15) is 10.5 Å². The fraction of sp³-hybridized carbons (Fsp3) is 0.0588. The van der Waals surface area contributed by atoms with Crippen LogP contribution in [0.3, 0.4) is 0 Å². The maximum absolute atomic E-state index is 11.5. The van der Waals surface area contributed by atoms with E-state index in [4.69, 9.17) is 0 Å². The summed E-state index contributed by atoms with van der Waals surface area (Å²) in [5.41, 5.74) is 2.86. The van der Waals surface area contributed by atoms with Gasteiger partial charge in [-0.05, 0) is 17.7 Å². The monoisotopic (exact) mass is 306 g/mol. The van der Waals surface area contributed by atoms with Crippen molar-refractivity contribution in [3.05, 3.63) is 66.7 Å². The number of pyridine rings is 1. The highest BCUT2D eigenvalue weighted by Crippen LogP contribution is 2.19. The van der Waals surface area contributed by atoms with Gasteiger partial charge in [0, 0.05) is 29.8 Å². The quantitative estimate of drug-likeness (QED) is 0.746. The molecule has 0 aliphatic carbocycles. The third kappa shape index (κ3) is 3.49. The van der Waals surface area contributed by atoms with E-state index in [1.54, 1.807) is 24.5 Å². The zero-order chi connectivity index (χ0) is 16.1. The molecule has 6 nitrogen and oxygen atoms in total. The average Bonchev–Trinajstić information content (AvgIpc) is 2.62. The van der Waals surface area contributed by atoms with Crippen molar-refractivity contribution in [2.75, 3.05) is 12.4 Å². The second-order valence-electron chi connectivity index (χ2n) is 4.71. The molecule has 0 saturated carbocycles. The van der Waals surface area contributed by atoms with Gasteiger partial charge in [-0.1, -0.05) is 30.3 Å². The summed E-state index contributed by atoms with van der Waals surface area (Å²) >= 11 is 0. The Kier molecular flexibility index (Phi) is 4.24. The van der Waals surface area contributed by atoms with Crippen molar-refractivity contribution >= 4 is 17.6 Å². The van der Waals surface area contributed by atoms with Crippen LogP contribution in [0.2, 0.25) is 0 Å². The van der Waals surface area contributed by atoms with Gasteiger partial charge in [0.25, 0.3) is 0 Å². The molecule has 0 aliphatic heterocycles. The average molecular weight is 306 g/mol. The van der Waals surface area contributed by atoms with Crippen molar-refractivity contribution in [2.24, 2.45) is 0 Å². The maximum Gasteiger partial charge on any atom is 0.356 e. The molecule has 3 rings (SSSR count). The van der Waals surface area contributed by atoms with Crippen molar-refractivity contribution in [1.82, 2.24) is 15.0 Å². The summed E-state index contributed by atoms with van der Waals surface area (Å²) in [7, 11) is 1.32. The minimum Gasteiger partial charge on any atom is -0.464 e. The topological polar surface area (TPSA) is 77.0 Å². The standard InChI is InChI=1S/C17H14N4O2/c1-23-16(22)15-9-14(7-8-18-15)21-17-19-10-13(11-20-17)12-5-3-2-4-6-12/h2-11H,1H3,(H,18,19,20,21). The summed E-state index contributed by atoms with van der Waals surface area (Å²) in [6, 6.07) is 13.2. The number of nitrogens with one attached hydrogen (secondary N) is 1. The van der Waals surface area contributed by atoms with Gasteiger partial charge in [0.15, 0.2) is 0 Å². The number of ether oxygens (including phenoxy) is 1. The van der Waals surface area contributed by atoms with E-state index in [0.717, 1.165) is 11.1 Å². The highest BCUT2D eigenvalue weighted by Gasteiger charge is 2.08. The summed E-state index contributed by atoms with van der Waals surface area (Å²) < 4.78 is 4.65. The third-order valence-corrected chi connectivity index (χ3v) is 3.17. The van der Waals surface area contributed by atoms with Gasteiger partial charge < -0.3 is 10.1 Å². The predicted octanol–water partition coefficient (Wildman–Crippen LogP) is 3.07. The Morgan fingerprint density at radius 1 is 1.00 bits per heavy atom. The zero-order valence-corrected chi connectivity index (χ0v) is 12.4. The maximum atomic E-state index is 11.5. The fourth-order valence-corrected chi connectivity index (χ4v) is 2.03. The molecule has 2 heterocycles. The molecule has 0 unspecified atom stereocenters. The summed E-state index contributed by atoms with van der Waals surface area (Å²) in [6.07, 6.45) is 5.01. The number of methoxy groups -OCH3 is 1. The van der Waals surface area contributed by atoms with E-state index in [1.807, 2.05) is 30.3 Å². The number of aromatic nitrogens is 3. The smallest absolute Gasteiger partial charge is 0.356 e. The van der Waals surface area contributed by atoms with E-state index in [9.17, 15) is 4.79 Å². The molecule has 0 radical (unpaired) electrons. The summed E-state index contributed by atoms with van der Waals surface area (Å²) in [4.78, 5) is 24.0. The lowest BCUT2D eigenvalue weighted by molar-refractivity contribution is 0.0594. The molecule has 0 spiro atoms. The molecule has 2 aromatic heterocycles. The SMILES string of the molecule is COC(=O)c1cc(Nc2ncc(-c3ccccc3)cn2)ccn1. The van der Waals surface area contributed by atoms with Crippen LogP contribution in [-0.4, -0.2) is 28.0 Å². The van der Waals surface area contributed by atoms with E-state index in [0.29, 0.717) is 11.6 Å². The molecule has 114 valence electrons. The first-order valence-corrected chi connectivity index (χ1v) is 6.95. The number of carbonyl (C=O) groups excluding carboxylic acids is 1. The molecular weight excluding hydrogens is 292 g/mol. The Morgan fingerprint density at radius 2 is 1.74 bits per heavy atom. The Labute approximate surface area is 133 Å². The molecule has 0 amide bonds. The van der Waals surface area contributed by atoms with Crippen LogP contribution < -0.4 is 5.32 Å². The van der Waals surface area contributed by atoms with Crippen molar-refractivity contribution in [3.8, 4) is 11.1 Å². The number of anilines is 2. The first-order chi connectivity index (χ1) is 11.3. The Morgan fingerprint density at radius 3 is 2.43 bits per heavy atom. The highest BCUT2D eigenvalue weighted by molar-refractivity contribution is 5.88. The fourth-order valence-electron chi connectivity index (χ4n) is 2.03. The van der Waals surface area contributed by atoms with E-state index >= 15 is 0 Å². The minimum atomic E-state index is -0.492. The molecule has 1 N–H and O–H groups in total. The van der Waals surface area contributed by atoms with Gasteiger partial charge in [-0.15, -0.1) is 0 Å². The van der Waals surface area contributed by atoms with Gasteiger partial charge in [0.2, 0.25) is 5.95 Å². The highest BCUT2D eigenvalue weighted by atomic mass is 16.5. The Hall–Kier alpha value is -3.28. The molecule has 0 fully saturated rings. The largest absolute Gasteiger partial charge is 0.464 e. The normalized spacial score (nSPS) is 10.1. The number of hydrogen-bond donors (Lipinski definition) is 1. The van der Waals surface area contributed by atoms with E-state index in [-0.39, 0.29) is 5.69 Å². The van der Waals surface area contributed by atoms with Crippen LogP contribution in [0.5, 0.6) is 0 Å². The van der Waals surface area contributed by atoms with Crippen molar-refractivity contribution in [3.63, 3.8) is 0 Å². The van der Waals surface area contributed by atoms with Crippen LogP contribution >= 0.6 is 0 Å². The van der Waals surface area contributed by atoms with E-state index < -0.39 is 5.97 Å². The van der Waals surface area contributed by atoms with Gasteiger partial charge in [-0.2, -0.15) is 0 Å². The van der Waals surface area contributed by atoms with Gasteiger partial charge in [0.1, 0.15) is 5.69 Å². The van der Waals surface area contributed by atoms with Crippen LogP contribution in [0.25, 0.3) is 11.1 Å². The van der Waals surface area contributed by atoms with Crippen LogP contribution in [0.15, 0.2) is 61.1 Å². The number of benzene rings is 1. The Balaban J connectivity index is 1.77. The minimum absolute atomic E-state index is 0.221. The number of rotatable bonds is 4. The third-order valence-electron chi connectivity index (χ3n) is 3.17. The molecule has 0 saturated heterocycles. The van der Waals surface area contributed by atoms with Crippen molar-refractivity contribution in [1.29, 1.82) is 0 Å². The second kappa shape index (κ2) is 6.65. The molecule has 0 aliphatic rings. The summed E-state index contributed by atoms with van der Waals surface area (Å²) in [5, 5.41) is 3.03. The molecule has 1 aromatic carbocycles. The van der Waals surface area contributed by atoms with Crippen LogP contribution in [0.4, 0.5) is 11.6 Å². The number of nitrogens with zero attached hydrogens (tertiary/aromatic N) is 3.